The van der Waals surface area contributed by atoms with Crippen LogP contribution in [0, 0.1) is 0 Å². The third-order valence-corrected chi connectivity index (χ3v) is 4.53. The van der Waals surface area contributed by atoms with Crippen LogP contribution in [-0.2, 0) is 23.5 Å². The molecule has 3 aromatic rings. The van der Waals surface area contributed by atoms with Gasteiger partial charge in [0.15, 0.2) is 0 Å². The molecule has 0 aliphatic heterocycles. The van der Waals surface area contributed by atoms with E-state index in [-0.39, 0.29) is 10.9 Å². The van der Waals surface area contributed by atoms with Crippen molar-refractivity contribution >= 4 is 22.4 Å². The molecule has 1 aromatic carbocycles. The van der Waals surface area contributed by atoms with Crippen molar-refractivity contribution in [1.29, 1.82) is 0 Å². The minimum Gasteiger partial charge on any atom is -0.349 e. The molecule has 1 unspecified atom stereocenters. The van der Waals surface area contributed by atoms with Gasteiger partial charge in [0.1, 0.15) is 5.69 Å². The molecule has 0 radical (unpaired) electrons. The van der Waals surface area contributed by atoms with Crippen LogP contribution in [0.2, 0.25) is 5.02 Å². The second kappa shape index (κ2) is 7.20. The normalized spacial score (nSPS) is 13.0. The molecule has 136 valence electrons. The molecule has 2 heterocycles. The lowest BCUT2D eigenvalue weighted by Crippen LogP contribution is -2.12. The highest BCUT2D eigenvalue weighted by molar-refractivity contribution is 7.84. The van der Waals surface area contributed by atoms with Gasteiger partial charge in [-0.3, -0.25) is 4.21 Å². The van der Waals surface area contributed by atoms with E-state index < -0.39 is 22.7 Å². The summed E-state index contributed by atoms with van der Waals surface area (Å²) in [5.41, 5.74) is 0.440. The monoisotopic (exact) mass is 399 g/mol. The van der Waals surface area contributed by atoms with E-state index >= 15 is 0 Å². The van der Waals surface area contributed by atoms with Crippen LogP contribution in [-0.4, -0.2) is 25.0 Å². The standard InChI is InChI=1S/C17H13ClF3N3OS/c1-26(25)16-22-14(8-15(23-16)17(19,20)21)12-6-7-24(10-12)9-11-2-4-13(18)5-3-11/h2-8,10H,9H2,1H3. The SMILES string of the molecule is CS(=O)c1nc(-c2ccn(Cc3ccc(Cl)cc3)c2)cc(C(F)(F)F)n1. The van der Waals surface area contributed by atoms with Crippen LogP contribution in [0.5, 0.6) is 0 Å². The van der Waals surface area contributed by atoms with Crippen molar-refractivity contribution in [1.82, 2.24) is 14.5 Å². The summed E-state index contributed by atoms with van der Waals surface area (Å²) in [6, 6.07) is 9.78. The van der Waals surface area contributed by atoms with Gasteiger partial charge in [-0.2, -0.15) is 13.2 Å². The Morgan fingerprint density at radius 3 is 2.46 bits per heavy atom. The second-order valence-corrected chi connectivity index (χ2v) is 7.28. The molecule has 0 bridgehead atoms. The zero-order valence-electron chi connectivity index (χ0n) is 13.5. The smallest absolute Gasteiger partial charge is 0.349 e. The van der Waals surface area contributed by atoms with E-state index in [1.54, 1.807) is 30.6 Å². The van der Waals surface area contributed by atoms with E-state index in [9.17, 15) is 17.4 Å². The summed E-state index contributed by atoms with van der Waals surface area (Å²) in [4.78, 5) is 7.36. The Balaban J connectivity index is 1.94. The minimum atomic E-state index is -4.64. The van der Waals surface area contributed by atoms with Crippen molar-refractivity contribution in [3.63, 3.8) is 0 Å². The maximum atomic E-state index is 13.0. The van der Waals surface area contributed by atoms with E-state index in [2.05, 4.69) is 9.97 Å². The first-order valence-electron chi connectivity index (χ1n) is 7.42. The molecular weight excluding hydrogens is 387 g/mol. The Hall–Kier alpha value is -2.19. The van der Waals surface area contributed by atoms with E-state index in [4.69, 9.17) is 11.6 Å². The summed E-state index contributed by atoms with van der Waals surface area (Å²) in [6.07, 6.45) is 0.0179. The third kappa shape index (κ3) is 4.31. The molecule has 4 nitrogen and oxygen atoms in total. The summed E-state index contributed by atoms with van der Waals surface area (Å²) in [6.45, 7) is 0.529. The van der Waals surface area contributed by atoms with Crippen LogP contribution in [0.1, 0.15) is 11.3 Å². The number of hydrogen-bond acceptors (Lipinski definition) is 3. The van der Waals surface area contributed by atoms with Crippen molar-refractivity contribution in [2.45, 2.75) is 17.9 Å². The summed E-state index contributed by atoms with van der Waals surface area (Å²) in [5, 5.41) is 0.281. The van der Waals surface area contributed by atoms with Gasteiger partial charge in [0.25, 0.3) is 0 Å². The molecule has 2 aromatic heterocycles. The number of aromatic nitrogens is 3. The van der Waals surface area contributed by atoms with Gasteiger partial charge in [-0.05, 0) is 29.8 Å². The lowest BCUT2D eigenvalue weighted by Gasteiger charge is -2.09. The van der Waals surface area contributed by atoms with Crippen LogP contribution in [0.25, 0.3) is 11.3 Å². The topological polar surface area (TPSA) is 47.8 Å². The first-order valence-corrected chi connectivity index (χ1v) is 9.36. The molecule has 0 saturated heterocycles. The van der Waals surface area contributed by atoms with Crippen LogP contribution < -0.4 is 0 Å². The van der Waals surface area contributed by atoms with Gasteiger partial charge in [0, 0.05) is 35.8 Å². The summed E-state index contributed by atoms with van der Waals surface area (Å²) in [7, 11) is -1.73. The molecular formula is C17H13ClF3N3OS. The lowest BCUT2D eigenvalue weighted by atomic mass is 10.2. The predicted octanol–water partition coefficient (Wildman–Crippen LogP) is 4.40. The van der Waals surface area contributed by atoms with E-state index in [0.29, 0.717) is 17.1 Å². The second-order valence-electron chi connectivity index (χ2n) is 5.57. The molecule has 9 heteroatoms. The average Bonchev–Trinajstić information content (AvgIpc) is 3.04. The highest BCUT2D eigenvalue weighted by Gasteiger charge is 2.34. The molecule has 3 rings (SSSR count). The summed E-state index contributed by atoms with van der Waals surface area (Å²) in [5.74, 6) is 0. The molecule has 0 saturated carbocycles. The van der Waals surface area contributed by atoms with Crippen molar-refractivity contribution in [3.05, 3.63) is 65.1 Å². The van der Waals surface area contributed by atoms with Gasteiger partial charge in [-0.15, -0.1) is 0 Å². The maximum absolute atomic E-state index is 13.0. The van der Waals surface area contributed by atoms with Gasteiger partial charge in [-0.1, -0.05) is 23.7 Å². The van der Waals surface area contributed by atoms with Crippen molar-refractivity contribution in [2.75, 3.05) is 6.26 Å². The molecule has 0 amide bonds. The number of alkyl halides is 3. The molecule has 0 spiro atoms. The Bertz CT molecular complexity index is 955. The summed E-state index contributed by atoms with van der Waals surface area (Å²) >= 11 is 5.85. The average molecular weight is 400 g/mol. The van der Waals surface area contributed by atoms with Crippen LogP contribution in [0.15, 0.2) is 53.9 Å². The van der Waals surface area contributed by atoms with Crippen molar-refractivity contribution in [3.8, 4) is 11.3 Å². The summed E-state index contributed by atoms with van der Waals surface area (Å²) < 4.78 is 52.5. The predicted molar refractivity (Wildman–Crippen MR) is 93.3 cm³/mol. The first-order chi connectivity index (χ1) is 12.2. The molecule has 1 atom stereocenters. The molecule has 0 aliphatic carbocycles. The number of hydrogen-bond donors (Lipinski definition) is 0. The van der Waals surface area contributed by atoms with Crippen molar-refractivity contribution < 1.29 is 17.4 Å². The largest absolute Gasteiger partial charge is 0.433 e. The van der Waals surface area contributed by atoms with Gasteiger partial charge in [0.05, 0.1) is 16.5 Å². The third-order valence-electron chi connectivity index (χ3n) is 3.58. The zero-order valence-corrected chi connectivity index (χ0v) is 15.1. The van der Waals surface area contributed by atoms with E-state index in [0.717, 1.165) is 11.6 Å². The number of benzene rings is 1. The van der Waals surface area contributed by atoms with Crippen LogP contribution >= 0.6 is 11.6 Å². The Kier molecular flexibility index (Phi) is 5.15. The van der Waals surface area contributed by atoms with Gasteiger partial charge in [0.2, 0.25) is 5.16 Å². The number of halogens is 4. The lowest BCUT2D eigenvalue weighted by molar-refractivity contribution is -0.141. The maximum Gasteiger partial charge on any atom is 0.433 e. The van der Waals surface area contributed by atoms with Gasteiger partial charge in [-0.25, -0.2) is 9.97 Å². The Morgan fingerprint density at radius 1 is 1.15 bits per heavy atom. The van der Waals surface area contributed by atoms with Crippen molar-refractivity contribution in [2.24, 2.45) is 0 Å². The molecule has 26 heavy (non-hydrogen) atoms. The number of nitrogens with zero attached hydrogens (tertiary/aromatic N) is 3. The fourth-order valence-corrected chi connectivity index (χ4v) is 2.92. The highest BCUT2D eigenvalue weighted by atomic mass is 35.5. The fraction of sp³-hybridized carbons (Fsp3) is 0.176. The van der Waals surface area contributed by atoms with Gasteiger partial charge >= 0.3 is 6.18 Å². The van der Waals surface area contributed by atoms with E-state index in [1.165, 1.54) is 6.26 Å². The zero-order chi connectivity index (χ0) is 18.9. The molecule has 0 fully saturated rings. The van der Waals surface area contributed by atoms with Crippen LogP contribution in [0.3, 0.4) is 0 Å². The molecule has 0 N–H and O–H groups in total. The number of rotatable bonds is 4. The fourth-order valence-electron chi connectivity index (χ4n) is 2.34. The van der Waals surface area contributed by atoms with Crippen LogP contribution in [0.4, 0.5) is 13.2 Å². The first kappa shape index (κ1) is 18.6. The molecule has 0 aliphatic rings. The minimum absolute atomic E-state index is 0.0763. The Labute approximate surface area is 155 Å². The highest BCUT2D eigenvalue weighted by Crippen LogP contribution is 2.30. The van der Waals surface area contributed by atoms with Gasteiger partial charge < -0.3 is 4.57 Å². The Morgan fingerprint density at radius 2 is 1.85 bits per heavy atom. The van der Waals surface area contributed by atoms with E-state index in [1.807, 2.05) is 16.7 Å². The quantitative estimate of drug-likeness (QED) is 0.611.